The number of thioether (sulfide) groups is 1. The Morgan fingerprint density at radius 3 is 2.54 bits per heavy atom. The summed E-state index contributed by atoms with van der Waals surface area (Å²) in [6, 6.07) is 10.5. The first-order chi connectivity index (χ1) is 11.6. The van der Waals surface area contributed by atoms with Gasteiger partial charge in [0.1, 0.15) is 0 Å². The zero-order chi connectivity index (χ0) is 16.9. The largest absolute Gasteiger partial charge is 0.339 e. The molecule has 1 aliphatic rings. The minimum Gasteiger partial charge on any atom is -0.339 e. The van der Waals surface area contributed by atoms with E-state index < -0.39 is 0 Å². The maximum atomic E-state index is 12.7. The molecule has 0 unspecified atom stereocenters. The van der Waals surface area contributed by atoms with E-state index in [1.165, 1.54) is 17.3 Å². The molecule has 6 heteroatoms. The summed E-state index contributed by atoms with van der Waals surface area (Å²) in [6.45, 7) is 6.40. The van der Waals surface area contributed by atoms with Crippen LogP contribution in [0, 0.1) is 0 Å². The third kappa shape index (κ3) is 4.19. The quantitative estimate of drug-likeness (QED) is 0.780. The number of amides is 1. The fourth-order valence-corrected chi connectivity index (χ4v) is 3.81. The number of imidazole rings is 1. The number of carbonyl (C=O) groups is 1. The number of hydrogen-bond donors (Lipinski definition) is 0. The maximum Gasteiger partial charge on any atom is 0.235 e. The Balaban J connectivity index is 1.49. The number of benzene rings is 1. The molecule has 1 aromatic heterocycles. The SMILES string of the molecule is C[C@@H](Sc1nccn1C)C(=O)N1CCN(Cc2ccccc2)CC1. The summed E-state index contributed by atoms with van der Waals surface area (Å²) >= 11 is 1.53. The predicted molar refractivity (Wildman–Crippen MR) is 96.8 cm³/mol. The average Bonchev–Trinajstić information content (AvgIpc) is 3.00. The molecule has 0 bridgehead atoms. The highest BCUT2D eigenvalue weighted by atomic mass is 32.2. The van der Waals surface area contributed by atoms with Gasteiger partial charge in [-0.15, -0.1) is 0 Å². The van der Waals surface area contributed by atoms with Crippen LogP contribution in [0.25, 0.3) is 0 Å². The Bertz CT molecular complexity index is 665. The summed E-state index contributed by atoms with van der Waals surface area (Å²) < 4.78 is 1.95. The highest BCUT2D eigenvalue weighted by Gasteiger charge is 2.26. The van der Waals surface area contributed by atoms with Crippen LogP contribution in [0.2, 0.25) is 0 Å². The van der Waals surface area contributed by atoms with E-state index >= 15 is 0 Å². The zero-order valence-corrected chi connectivity index (χ0v) is 15.1. The number of nitrogens with zero attached hydrogens (tertiary/aromatic N) is 4. The lowest BCUT2D eigenvalue weighted by Gasteiger charge is -2.35. The Kier molecular flexibility index (Phi) is 5.58. The molecule has 0 aliphatic carbocycles. The van der Waals surface area contributed by atoms with Gasteiger partial charge in [0.2, 0.25) is 5.91 Å². The monoisotopic (exact) mass is 344 g/mol. The molecule has 24 heavy (non-hydrogen) atoms. The molecule has 5 nitrogen and oxygen atoms in total. The van der Waals surface area contributed by atoms with Crippen molar-refractivity contribution in [2.75, 3.05) is 26.2 Å². The number of rotatable bonds is 5. The zero-order valence-electron chi connectivity index (χ0n) is 14.3. The first kappa shape index (κ1) is 17.0. The smallest absolute Gasteiger partial charge is 0.235 e. The second kappa shape index (κ2) is 7.85. The number of carbonyl (C=O) groups excluding carboxylic acids is 1. The van der Waals surface area contributed by atoms with Crippen LogP contribution in [-0.2, 0) is 18.4 Å². The molecule has 0 saturated carbocycles. The van der Waals surface area contributed by atoms with Crippen LogP contribution in [0.5, 0.6) is 0 Å². The van der Waals surface area contributed by atoms with E-state index in [9.17, 15) is 4.79 Å². The van der Waals surface area contributed by atoms with E-state index in [-0.39, 0.29) is 11.2 Å². The molecule has 1 amide bonds. The fourth-order valence-electron chi connectivity index (χ4n) is 2.90. The van der Waals surface area contributed by atoms with Gasteiger partial charge >= 0.3 is 0 Å². The number of aryl methyl sites for hydroxylation is 1. The van der Waals surface area contributed by atoms with Gasteiger partial charge in [0.05, 0.1) is 5.25 Å². The molecule has 0 N–H and O–H groups in total. The molecule has 2 aromatic rings. The third-order valence-corrected chi connectivity index (χ3v) is 5.50. The normalized spacial score (nSPS) is 17.0. The molecule has 1 atom stereocenters. The summed E-state index contributed by atoms with van der Waals surface area (Å²) in [5, 5.41) is 0.783. The molecule has 1 fully saturated rings. The lowest BCUT2D eigenvalue weighted by molar-refractivity contribution is -0.132. The Morgan fingerprint density at radius 2 is 1.92 bits per heavy atom. The van der Waals surface area contributed by atoms with E-state index in [0.29, 0.717) is 0 Å². The lowest BCUT2D eigenvalue weighted by atomic mass is 10.2. The van der Waals surface area contributed by atoms with Crippen LogP contribution in [-0.4, -0.2) is 56.7 Å². The molecule has 128 valence electrons. The van der Waals surface area contributed by atoms with E-state index in [4.69, 9.17) is 0 Å². The number of aromatic nitrogens is 2. The van der Waals surface area contributed by atoms with Crippen molar-refractivity contribution < 1.29 is 4.79 Å². The van der Waals surface area contributed by atoms with Gasteiger partial charge in [-0.2, -0.15) is 0 Å². The lowest BCUT2D eigenvalue weighted by Crippen LogP contribution is -2.50. The van der Waals surface area contributed by atoms with Crippen LogP contribution in [0.3, 0.4) is 0 Å². The van der Waals surface area contributed by atoms with Gasteiger partial charge in [0.25, 0.3) is 0 Å². The summed E-state index contributed by atoms with van der Waals surface area (Å²) in [5.74, 6) is 0.211. The van der Waals surface area contributed by atoms with Crippen molar-refractivity contribution in [1.29, 1.82) is 0 Å². The Morgan fingerprint density at radius 1 is 1.21 bits per heavy atom. The highest BCUT2D eigenvalue weighted by molar-refractivity contribution is 8.00. The fraction of sp³-hybridized carbons (Fsp3) is 0.444. The predicted octanol–water partition coefficient (Wildman–Crippen LogP) is 2.25. The first-order valence-electron chi connectivity index (χ1n) is 8.32. The van der Waals surface area contributed by atoms with Crippen LogP contribution >= 0.6 is 11.8 Å². The summed E-state index contributed by atoms with van der Waals surface area (Å²) in [7, 11) is 1.95. The van der Waals surface area contributed by atoms with E-state index in [0.717, 1.165) is 37.9 Å². The van der Waals surface area contributed by atoms with Crippen molar-refractivity contribution in [3.63, 3.8) is 0 Å². The topological polar surface area (TPSA) is 41.4 Å². The van der Waals surface area contributed by atoms with E-state index in [2.05, 4.69) is 34.1 Å². The second-order valence-electron chi connectivity index (χ2n) is 6.17. The standard InChI is InChI=1S/C18H24N4OS/c1-15(24-18-19-8-9-20(18)2)17(23)22-12-10-21(11-13-22)14-16-6-4-3-5-7-16/h3-9,15H,10-14H2,1-2H3/t15-/m1/s1. The molecule has 2 heterocycles. The molecule has 0 spiro atoms. The molecule has 1 aromatic carbocycles. The van der Waals surface area contributed by atoms with Crippen molar-refractivity contribution in [1.82, 2.24) is 19.4 Å². The van der Waals surface area contributed by atoms with Gasteiger partial charge in [0.15, 0.2) is 5.16 Å². The molecular weight excluding hydrogens is 320 g/mol. The van der Waals surface area contributed by atoms with Crippen LogP contribution in [0.15, 0.2) is 47.9 Å². The van der Waals surface area contributed by atoms with Gasteiger partial charge in [-0.1, -0.05) is 42.1 Å². The highest BCUT2D eigenvalue weighted by Crippen LogP contribution is 2.23. The number of hydrogen-bond acceptors (Lipinski definition) is 4. The van der Waals surface area contributed by atoms with Crippen LogP contribution in [0.4, 0.5) is 0 Å². The van der Waals surface area contributed by atoms with Gasteiger partial charge in [-0.3, -0.25) is 9.69 Å². The van der Waals surface area contributed by atoms with Crippen molar-refractivity contribution in [3.05, 3.63) is 48.3 Å². The average molecular weight is 344 g/mol. The minimum absolute atomic E-state index is 0.105. The Labute approximate surface area is 147 Å². The molecule has 1 aliphatic heterocycles. The summed E-state index contributed by atoms with van der Waals surface area (Å²) in [6.07, 6.45) is 3.67. The van der Waals surface area contributed by atoms with Gasteiger partial charge in [0, 0.05) is 52.2 Å². The van der Waals surface area contributed by atoms with Gasteiger partial charge < -0.3 is 9.47 Å². The molecule has 0 radical (unpaired) electrons. The maximum absolute atomic E-state index is 12.7. The van der Waals surface area contributed by atoms with Crippen molar-refractivity contribution in [3.8, 4) is 0 Å². The van der Waals surface area contributed by atoms with Crippen LogP contribution < -0.4 is 0 Å². The van der Waals surface area contributed by atoms with Crippen molar-refractivity contribution in [2.24, 2.45) is 7.05 Å². The van der Waals surface area contributed by atoms with Gasteiger partial charge in [-0.05, 0) is 12.5 Å². The first-order valence-corrected chi connectivity index (χ1v) is 9.20. The van der Waals surface area contributed by atoms with Gasteiger partial charge in [-0.25, -0.2) is 4.98 Å². The second-order valence-corrected chi connectivity index (χ2v) is 7.48. The molecule has 3 rings (SSSR count). The minimum atomic E-state index is -0.105. The van der Waals surface area contributed by atoms with E-state index in [1.807, 2.05) is 35.7 Å². The van der Waals surface area contributed by atoms with E-state index in [1.54, 1.807) is 6.20 Å². The number of piperazine rings is 1. The molecular formula is C18H24N4OS. The Hall–Kier alpha value is -1.79. The third-order valence-electron chi connectivity index (χ3n) is 4.34. The van der Waals surface area contributed by atoms with Crippen molar-refractivity contribution >= 4 is 17.7 Å². The molecule has 1 saturated heterocycles. The summed E-state index contributed by atoms with van der Waals surface area (Å²) in [5.41, 5.74) is 1.33. The van der Waals surface area contributed by atoms with Crippen molar-refractivity contribution in [2.45, 2.75) is 23.9 Å². The van der Waals surface area contributed by atoms with Crippen LogP contribution in [0.1, 0.15) is 12.5 Å². The summed E-state index contributed by atoms with van der Waals surface area (Å²) in [4.78, 5) is 21.3.